The fraction of sp³-hybridized carbons (Fsp3) is 0.392. The zero-order valence-corrected chi connectivity index (χ0v) is 42.2. The van der Waals surface area contributed by atoms with E-state index in [0.29, 0.717) is 17.1 Å². The summed E-state index contributed by atoms with van der Waals surface area (Å²) >= 11 is 0. The highest BCUT2D eigenvalue weighted by Gasteiger charge is 2.69. The Labute approximate surface area is 410 Å². The molecule has 6 aromatic rings. The van der Waals surface area contributed by atoms with Crippen molar-refractivity contribution in [1.82, 2.24) is 28.5 Å². The van der Waals surface area contributed by atoms with Crippen molar-refractivity contribution in [3.8, 4) is 17.6 Å². The zero-order chi connectivity index (χ0) is 49.8. The van der Waals surface area contributed by atoms with Crippen molar-refractivity contribution >= 4 is 41.4 Å². The van der Waals surface area contributed by atoms with E-state index in [-0.39, 0.29) is 55.2 Å². The smallest absolute Gasteiger partial charge is 0.259 e. The van der Waals surface area contributed by atoms with Gasteiger partial charge < -0.3 is 33.3 Å². The van der Waals surface area contributed by atoms with Crippen molar-refractivity contribution in [2.45, 2.75) is 94.9 Å². The molecule has 0 spiro atoms. The van der Waals surface area contributed by atoms with Crippen LogP contribution in [0.1, 0.15) is 81.2 Å². The summed E-state index contributed by atoms with van der Waals surface area (Å²) in [6.07, 6.45) is 0.263. The SMILES string of the molecule is COc1ccc(C(OC[C@@]23CN(C(C)C)S(=O)(=O)[C@@H]([C@H](n4cnc5c(NC(=O)c6ccccc6)ncnc54)O2)[C@@H]3OP(OCCC#N)N(C(C)C)C(C)C)(c2ccccc2)c2ccc(OC)cc2)cc1. The predicted molar refractivity (Wildman–Crippen MR) is 265 cm³/mol. The quantitative estimate of drug-likeness (QED) is 0.0435. The number of anilines is 1. The van der Waals surface area contributed by atoms with Crippen molar-refractivity contribution in [1.29, 1.82) is 5.26 Å². The number of carbonyl (C=O) groups is 1. The zero-order valence-electron chi connectivity index (χ0n) is 40.5. The van der Waals surface area contributed by atoms with Crippen LogP contribution in [0.2, 0.25) is 0 Å². The van der Waals surface area contributed by atoms with Gasteiger partial charge in [-0.05, 0) is 94.6 Å². The minimum atomic E-state index is -4.31. The number of methoxy groups -OCH3 is 2. The van der Waals surface area contributed by atoms with Gasteiger partial charge >= 0.3 is 0 Å². The first-order valence-corrected chi connectivity index (χ1v) is 25.8. The monoisotopic (exact) mass is 990 g/mol. The van der Waals surface area contributed by atoms with Crippen molar-refractivity contribution in [3.63, 3.8) is 0 Å². The molecular weight excluding hydrogens is 932 g/mol. The van der Waals surface area contributed by atoms with Gasteiger partial charge in [0.1, 0.15) is 35.1 Å². The van der Waals surface area contributed by atoms with Crippen LogP contribution in [0, 0.1) is 11.3 Å². The number of rotatable bonds is 20. The number of sulfonamides is 1. The largest absolute Gasteiger partial charge is 0.497 e. The molecule has 1 unspecified atom stereocenters. The number of carbonyl (C=O) groups excluding carboxylic acids is 1. The number of hydrogen-bond donors (Lipinski definition) is 1. The minimum absolute atomic E-state index is 0.0425. The van der Waals surface area contributed by atoms with Crippen molar-refractivity contribution in [2.24, 2.45) is 0 Å². The molecule has 2 aliphatic rings. The molecule has 19 heteroatoms. The van der Waals surface area contributed by atoms with Crippen LogP contribution in [0.5, 0.6) is 11.5 Å². The van der Waals surface area contributed by atoms with E-state index in [9.17, 15) is 10.1 Å². The number of ether oxygens (including phenoxy) is 4. The first-order valence-electron chi connectivity index (χ1n) is 23.1. The van der Waals surface area contributed by atoms with Gasteiger partial charge in [0, 0.05) is 30.2 Å². The summed E-state index contributed by atoms with van der Waals surface area (Å²) in [4.78, 5) is 27.1. The highest BCUT2D eigenvalue weighted by Crippen LogP contribution is 2.57. The lowest BCUT2D eigenvalue weighted by molar-refractivity contribution is -0.162. The summed E-state index contributed by atoms with van der Waals surface area (Å²) in [6.45, 7) is 11.4. The van der Waals surface area contributed by atoms with E-state index >= 15 is 8.42 Å². The number of aromatic nitrogens is 4. The lowest BCUT2D eigenvalue weighted by Gasteiger charge is -2.47. The third kappa shape index (κ3) is 9.65. The number of hydrogen-bond acceptors (Lipinski definition) is 14. The minimum Gasteiger partial charge on any atom is -0.497 e. The average Bonchev–Trinajstić information content (AvgIpc) is 3.91. The molecule has 1 amide bonds. The summed E-state index contributed by atoms with van der Waals surface area (Å²) in [7, 11) is -3.14. The van der Waals surface area contributed by atoms with Gasteiger partial charge in [-0.15, -0.1) is 0 Å². The van der Waals surface area contributed by atoms with Gasteiger partial charge in [-0.1, -0.05) is 72.8 Å². The Morgan fingerprint density at radius 2 is 1.46 bits per heavy atom. The van der Waals surface area contributed by atoms with Crippen LogP contribution >= 0.6 is 8.53 Å². The Morgan fingerprint density at radius 1 is 0.871 bits per heavy atom. The van der Waals surface area contributed by atoms with Gasteiger partial charge in [-0.25, -0.2) is 28.0 Å². The van der Waals surface area contributed by atoms with E-state index in [1.807, 2.05) is 126 Å². The number of fused-ring (bicyclic) bond motifs is 3. The molecule has 0 radical (unpaired) electrons. The van der Waals surface area contributed by atoms with Gasteiger partial charge in [0.05, 0.1) is 46.3 Å². The third-order valence-corrected chi connectivity index (χ3v) is 17.1. The Balaban J connectivity index is 1.33. The van der Waals surface area contributed by atoms with Gasteiger partial charge in [0.2, 0.25) is 10.0 Å². The number of amides is 1. The maximum atomic E-state index is 15.5. The molecule has 5 atom stereocenters. The number of imidazole rings is 1. The Morgan fingerprint density at radius 3 is 2.01 bits per heavy atom. The molecule has 2 fully saturated rings. The first-order chi connectivity index (χ1) is 33.7. The second kappa shape index (κ2) is 21.2. The molecular formula is C51H59N8O9PS. The molecule has 0 saturated carbocycles. The number of benzene rings is 4. The van der Waals surface area contributed by atoms with E-state index in [4.69, 9.17) is 28.0 Å². The average molecular weight is 991 g/mol. The van der Waals surface area contributed by atoms with E-state index in [2.05, 4.69) is 31.0 Å². The second-order valence-corrected chi connectivity index (χ2v) is 21.4. The molecule has 0 aliphatic carbocycles. The fourth-order valence-electron chi connectivity index (χ4n) is 9.37. The standard InChI is InChI=1S/C51H59N8O9PS/c1-34(2)58-30-50(31-65-51(38-18-13-10-14-19-38,39-20-24-41(63-7)25-21-39)40-22-26-42(64-8)27-23-40)45(68-69(66-29-15-28-52)59(35(3)4)36(5)6)44(70(58,61)62)49(67-50)57-33-55-43-46(53-32-54-47(43)57)56-48(60)37-16-11-9-12-17-37/h9-14,16-27,32-36,44-45,49H,15,29-31H2,1-8H3,(H,53,54,56,60)/t44-,45+,49-,50-,69?/m1/s1. The topological polar surface area (TPSA) is 192 Å². The van der Waals surface area contributed by atoms with E-state index in [0.717, 1.165) is 16.7 Å². The van der Waals surface area contributed by atoms with Crippen molar-refractivity contribution in [3.05, 3.63) is 144 Å². The van der Waals surface area contributed by atoms with Crippen LogP contribution in [0.15, 0.2) is 122 Å². The van der Waals surface area contributed by atoms with Gasteiger partial charge in [-0.3, -0.25) is 9.36 Å². The van der Waals surface area contributed by atoms with Gasteiger partial charge in [0.25, 0.3) is 14.4 Å². The fourth-order valence-corrected chi connectivity index (χ4v) is 13.7. The Bertz CT molecular complexity index is 2830. The van der Waals surface area contributed by atoms with Crippen molar-refractivity contribution in [2.75, 3.05) is 39.3 Å². The number of nitrogens with zero attached hydrogens (tertiary/aromatic N) is 7. The Hall–Kier alpha value is -5.87. The molecule has 2 bridgehead atoms. The second-order valence-electron chi connectivity index (χ2n) is 18.0. The molecule has 2 aromatic heterocycles. The molecule has 8 rings (SSSR count). The van der Waals surface area contributed by atoms with Crippen LogP contribution in [-0.4, -0.2) is 112 Å². The predicted octanol–water partition coefficient (Wildman–Crippen LogP) is 8.46. The van der Waals surface area contributed by atoms with Gasteiger partial charge in [-0.2, -0.15) is 9.57 Å². The molecule has 4 heterocycles. The number of nitriles is 1. The summed E-state index contributed by atoms with van der Waals surface area (Å²) < 4.78 is 76.1. The van der Waals surface area contributed by atoms with Gasteiger partial charge in [0.15, 0.2) is 28.5 Å². The van der Waals surface area contributed by atoms with Crippen LogP contribution in [0.3, 0.4) is 0 Å². The lowest BCUT2D eigenvalue weighted by atomic mass is 9.79. The molecule has 17 nitrogen and oxygen atoms in total. The van der Waals surface area contributed by atoms with E-state index in [1.54, 1.807) is 43.1 Å². The number of nitrogens with one attached hydrogen (secondary N) is 1. The van der Waals surface area contributed by atoms with Crippen LogP contribution in [0.25, 0.3) is 11.2 Å². The molecule has 4 aromatic carbocycles. The molecule has 70 heavy (non-hydrogen) atoms. The lowest BCUT2D eigenvalue weighted by Crippen LogP contribution is -2.65. The summed E-state index contributed by atoms with van der Waals surface area (Å²) in [5.41, 5.74) is 0.225. The third-order valence-electron chi connectivity index (χ3n) is 12.6. The summed E-state index contributed by atoms with van der Waals surface area (Å²) in [5, 5.41) is 11.0. The highest BCUT2D eigenvalue weighted by molar-refractivity contribution is 7.90. The van der Waals surface area contributed by atoms with Crippen LogP contribution in [0.4, 0.5) is 5.82 Å². The molecule has 2 aliphatic heterocycles. The van der Waals surface area contributed by atoms with Crippen LogP contribution < -0.4 is 14.8 Å². The highest BCUT2D eigenvalue weighted by atomic mass is 32.2. The summed E-state index contributed by atoms with van der Waals surface area (Å²) in [6, 6.07) is 35.2. The van der Waals surface area contributed by atoms with Crippen molar-refractivity contribution < 1.29 is 41.2 Å². The Kier molecular flexibility index (Phi) is 15.3. The maximum absolute atomic E-state index is 15.5. The maximum Gasteiger partial charge on any atom is 0.259 e. The molecule has 1 N–H and O–H groups in total. The normalized spacial score (nSPS) is 20.5. The van der Waals surface area contributed by atoms with E-state index < -0.39 is 59.3 Å². The van der Waals surface area contributed by atoms with Crippen LogP contribution in [-0.2, 0) is 34.1 Å². The molecule has 368 valence electrons. The summed E-state index contributed by atoms with van der Waals surface area (Å²) in [5.74, 6) is 1.00. The van der Waals surface area contributed by atoms with E-state index in [1.165, 1.54) is 17.0 Å². The first kappa shape index (κ1) is 50.5. The molecule has 2 saturated heterocycles.